The highest BCUT2D eigenvalue weighted by molar-refractivity contribution is 5.86. The Morgan fingerprint density at radius 1 is 1.61 bits per heavy atom. The summed E-state index contributed by atoms with van der Waals surface area (Å²) < 4.78 is 5.27. The molecule has 2 amide bonds. The van der Waals surface area contributed by atoms with Gasteiger partial charge >= 0.3 is 12.0 Å². The summed E-state index contributed by atoms with van der Waals surface area (Å²) in [6, 6.07) is -0.126. The second kappa shape index (κ2) is 4.97. The van der Waals surface area contributed by atoms with E-state index in [1.54, 1.807) is 14.0 Å². The van der Waals surface area contributed by atoms with Crippen LogP contribution in [0.5, 0.6) is 0 Å². The minimum absolute atomic E-state index is 0.197. The normalized spacial score (nSPS) is 16.4. The molecule has 0 bridgehead atoms. The van der Waals surface area contributed by atoms with Crippen molar-refractivity contribution in [3.63, 3.8) is 0 Å². The number of urea groups is 1. The number of aryl methyl sites for hydroxylation is 2. The number of amides is 2. The molecule has 6 nitrogen and oxygen atoms in total. The lowest BCUT2D eigenvalue weighted by Crippen LogP contribution is -2.38. The van der Waals surface area contributed by atoms with Gasteiger partial charge in [-0.25, -0.2) is 4.79 Å². The van der Waals surface area contributed by atoms with E-state index in [4.69, 9.17) is 4.42 Å². The van der Waals surface area contributed by atoms with E-state index < -0.39 is 6.10 Å². The zero-order valence-corrected chi connectivity index (χ0v) is 10.9. The Hall–Kier alpha value is -1.56. The van der Waals surface area contributed by atoms with Gasteiger partial charge in [-0.3, -0.25) is 5.32 Å². The Morgan fingerprint density at radius 3 is 2.78 bits per heavy atom. The van der Waals surface area contributed by atoms with Crippen LogP contribution in [0.15, 0.2) is 4.42 Å². The molecule has 0 radical (unpaired) electrons. The van der Waals surface area contributed by atoms with Crippen molar-refractivity contribution in [1.29, 1.82) is 0 Å². The van der Waals surface area contributed by atoms with E-state index in [1.807, 2.05) is 6.92 Å². The van der Waals surface area contributed by atoms with Crippen molar-refractivity contribution >= 4 is 12.0 Å². The zero-order valence-electron chi connectivity index (χ0n) is 10.9. The number of nitrogens with zero attached hydrogens (tertiary/aromatic N) is 2. The standard InChI is InChI=1S/C12H19N3O3/c1-7-8(2)18-11(13-7)14-12(17)15(3)6-10(16)9-4-5-9/h9-10,16H,4-6H2,1-3H3,(H,13,14,17). The van der Waals surface area contributed by atoms with Crippen LogP contribution < -0.4 is 5.32 Å². The van der Waals surface area contributed by atoms with E-state index in [0.717, 1.165) is 18.5 Å². The Morgan fingerprint density at radius 2 is 2.28 bits per heavy atom. The largest absolute Gasteiger partial charge is 0.428 e. The van der Waals surface area contributed by atoms with Crippen LogP contribution in [0, 0.1) is 19.8 Å². The molecule has 0 aromatic carbocycles. The molecule has 1 aliphatic carbocycles. The molecule has 6 heteroatoms. The third kappa shape index (κ3) is 3.01. The zero-order chi connectivity index (χ0) is 13.3. The predicted molar refractivity (Wildman–Crippen MR) is 66.4 cm³/mol. The van der Waals surface area contributed by atoms with Gasteiger partial charge in [0.1, 0.15) is 5.76 Å². The Bertz CT molecular complexity index is 420. The van der Waals surface area contributed by atoms with Crippen molar-refractivity contribution < 1.29 is 14.3 Å². The van der Waals surface area contributed by atoms with E-state index in [1.165, 1.54) is 4.90 Å². The number of likely N-dealkylation sites (N-methyl/N-ethyl adjacent to an activating group) is 1. The average Bonchev–Trinajstić information content (AvgIpc) is 3.07. The van der Waals surface area contributed by atoms with Crippen LogP contribution in [0.3, 0.4) is 0 Å². The van der Waals surface area contributed by atoms with Gasteiger partial charge in [0.2, 0.25) is 0 Å². The fraction of sp³-hybridized carbons (Fsp3) is 0.667. The van der Waals surface area contributed by atoms with Gasteiger partial charge in [-0.2, -0.15) is 4.98 Å². The third-order valence-electron chi connectivity index (χ3n) is 3.22. The first kappa shape index (κ1) is 12.9. The second-order valence-electron chi connectivity index (χ2n) is 4.88. The lowest BCUT2D eigenvalue weighted by molar-refractivity contribution is 0.116. The van der Waals surface area contributed by atoms with E-state index in [0.29, 0.717) is 18.2 Å². The highest BCUT2D eigenvalue weighted by Gasteiger charge is 2.31. The summed E-state index contributed by atoms with van der Waals surface area (Å²) in [4.78, 5) is 17.3. The first-order chi connectivity index (χ1) is 8.47. The number of hydrogen-bond acceptors (Lipinski definition) is 4. The van der Waals surface area contributed by atoms with E-state index >= 15 is 0 Å². The molecule has 18 heavy (non-hydrogen) atoms. The van der Waals surface area contributed by atoms with Gasteiger partial charge in [0.25, 0.3) is 0 Å². The van der Waals surface area contributed by atoms with Crippen molar-refractivity contribution in [3.05, 3.63) is 11.5 Å². The maximum Gasteiger partial charge on any atom is 0.325 e. The van der Waals surface area contributed by atoms with Gasteiger partial charge in [-0.15, -0.1) is 0 Å². The lowest BCUT2D eigenvalue weighted by atomic mass is 10.2. The molecule has 1 unspecified atom stereocenters. The van der Waals surface area contributed by atoms with Crippen LogP contribution in [0.4, 0.5) is 10.8 Å². The molecule has 1 heterocycles. The van der Waals surface area contributed by atoms with Gasteiger partial charge in [-0.1, -0.05) is 0 Å². The van der Waals surface area contributed by atoms with Crippen LogP contribution >= 0.6 is 0 Å². The number of anilines is 1. The molecule has 1 saturated carbocycles. The number of hydrogen-bond donors (Lipinski definition) is 2. The second-order valence-corrected chi connectivity index (χ2v) is 4.88. The number of oxazole rings is 1. The molecular formula is C12H19N3O3. The van der Waals surface area contributed by atoms with Gasteiger partial charge in [-0.05, 0) is 32.6 Å². The average molecular weight is 253 g/mol. The summed E-state index contributed by atoms with van der Waals surface area (Å²) in [5, 5.41) is 12.3. The molecule has 0 saturated heterocycles. The summed E-state index contributed by atoms with van der Waals surface area (Å²) in [6.45, 7) is 3.93. The molecule has 2 N–H and O–H groups in total. The summed E-state index contributed by atoms with van der Waals surface area (Å²) in [7, 11) is 1.64. The molecule has 1 aromatic rings. The monoisotopic (exact) mass is 253 g/mol. The Labute approximate surface area is 106 Å². The SMILES string of the molecule is Cc1nc(NC(=O)N(C)CC(O)C2CC2)oc1C. The number of rotatable bonds is 4. The molecule has 0 aliphatic heterocycles. The first-order valence-electron chi connectivity index (χ1n) is 6.11. The molecule has 1 fully saturated rings. The molecule has 0 spiro atoms. The van der Waals surface area contributed by atoms with Gasteiger partial charge in [0, 0.05) is 13.6 Å². The van der Waals surface area contributed by atoms with Crippen molar-refractivity contribution in [1.82, 2.24) is 9.88 Å². The molecular weight excluding hydrogens is 234 g/mol. The third-order valence-corrected chi connectivity index (χ3v) is 3.22. The molecule has 1 aromatic heterocycles. The minimum atomic E-state index is -0.436. The quantitative estimate of drug-likeness (QED) is 0.852. The van der Waals surface area contributed by atoms with Gasteiger partial charge in [0.05, 0.1) is 11.8 Å². The smallest absolute Gasteiger partial charge is 0.325 e. The van der Waals surface area contributed by atoms with Gasteiger partial charge in [0.15, 0.2) is 0 Å². The number of nitrogens with one attached hydrogen (secondary N) is 1. The maximum atomic E-state index is 11.8. The van der Waals surface area contributed by atoms with Crippen molar-refractivity contribution in [2.75, 3.05) is 18.9 Å². The van der Waals surface area contributed by atoms with Crippen LogP contribution in [-0.2, 0) is 0 Å². The van der Waals surface area contributed by atoms with Crippen LogP contribution in [0.1, 0.15) is 24.3 Å². The summed E-state index contributed by atoms with van der Waals surface area (Å²) in [6.07, 6.45) is 1.66. The van der Waals surface area contributed by atoms with Crippen LogP contribution in [0.2, 0.25) is 0 Å². The summed E-state index contributed by atoms with van der Waals surface area (Å²) >= 11 is 0. The number of aliphatic hydroxyl groups is 1. The summed E-state index contributed by atoms with van der Waals surface area (Å²) in [5.41, 5.74) is 0.756. The number of carbonyl (C=O) groups is 1. The van der Waals surface area contributed by atoms with Crippen LogP contribution in [-0.4, -0.2) is 40.7 Å². The van der Waals surface area contributed by atoms with E-state index in [-0.39, 0.29) is 12.0 Å². The highest BCUT2D eigenvalue weighted by Crippen LogP contribution is 2.32. The molecule has 2 rings (SSSR count). The molecule has 1 aliphatic rings. The Balaban J connectivity index is 1.86. The fourth-order valence-corrected chi connectivity index (χ4v) is 1.71. The van der Waals surface area contributed by atoms with E-state index in [2.05, 4.69) is 10.3 Å². The number of aromatic nitrogens is 1. The fourth-order valence-electron chi connectivity index (χ4n) is 1.71. The number of aliphatic hydroxyl groups excluding tert-OH is 1. The van der Waals surface area contributed by atoms with Crippen molar-refractivity contribution in [2.24, 2.45) is 5.92 Å². The first-order valence-corrected chi connectivity index (χ1v) is 6.11. The lowest BCUT2D eigenvalue weighted by Gasteiger charge is -2.20. The highest BCUT2D eigenvalue weighted by atomic mass is 16.4. The van der Waals surface area contributed by atoms with Crippen LogP contribution in [0.25, 0.3) is 0 Å². The van der Waals surface area contributed by atoms with Crippen molar-refractivity contribution in [3.8, 4) is 0 Å². The summed E-state index contributed by atoms with van der Waals surface area (Å²) in [5.74, 6) is 1.04. The van der Waals surface area contributed by atoms with E-state index in [9.17, 15) is 9.90 Å². The predicted octanol–water partition coefficient (Wildman–Crippen LogP) is 1.53. The molecule has 100 valence electrons. The van der Waals surface area contributed by atoms with Crippen molar-refractivity contribution in [2.45, 2.75) is 32.8 Å². The topological polar surface area (TPSA) is 78.6 Å². The minimum Gasteiger partial charge on any atom is -0.428 e. The van der Waals surface area contributed by atoms with Gasteiger partial charge < -0.3 is 14.4 Å². The maximum absolute atomic E-state index is 11.8. The molecule has 1 atom stereocenters. The Kier molecular flexibility index (Phi) is 3.56. The number of carbonyl (C=O) groups excluding carboxylic acids is 1.